The lowest BCUT2D eigenvalue weighted by Gasteiger charge is -2.15. The Hall–Kier alpha value is -0.630. The maximum Gasteiger partial charge on any atom is 0.222 e. The van der Waals surface area contributed by atoms with Gasteiger partial charge in [-0.25, -0.2) is 16.8 Å². The zero-order valence-corrected chi connectivity index (χ0v) is 12.1. The predicted octanol–water partition coefficient (Wildman–Crippen LogP) is -0.436. The minimum atomic E-state index is -3.75. The van der Waals surface area contributed by atoms with E-state index >= 15 is 0 Å². The number of hydrogen-bond donors (Lipinski definition) is 1. The average Bonchev–Trinajstić information content (AvgIpc) is 2.12. The van der Waals surface area contributed by atoms with Crippen LogP contribution in [0, 0.1) is 5.92 Å². The molecule has 0 aliphatic rings. The molecule has 6 nitrogen and oxygen atoms in total. The third kappa shape index (κ3) is 5.49. The van der Waals surface area contributed by atoms with Gasteiger partial charge in [-0.1, -0.05) is 13.8 Å². The Balaban J connectivity index is 4.79. The summed E-state index contributed by atoms with van der Waals surface area (Å²) >= 11 is 0. The van der Waals surface area contributed by atoms with Crippen LogP contribution in [0.1, 0.15) is 20.3 Å². The fourth-order valence-electron chi connectivity index (χ4n) is 1.16. The maximum atomic E-state index is 11.4. The lowest BCUT2D eigenvalue weighted by Crippen LogP contribution is -2.42. The van der Waals surface area contributed by atoms with Crippen molar-refractivity contribution in [3.63, 3.8) is 0 Å². The number of carbonyl (C=O) groups is 1. The summed E-state index contributed by atoms with van der Waals surface area (Å²) in [5, 5.41) is 2.35. The topological polar surface area (TPSA) is 97.4 Å². The molecule has 1 amide bonds. The highest BCUT2D eigenvalue weighted by atomic mass is 32.3. The van der Waals surface area contributed by atoms with E-state index in [4.69, 9.17) is 0 Å². The first-order valence-electron chi connectivity index (χ1n) is 5.15. The zero-order valence-electron chi connectivity index (χ0n) is 10.4. The molecule has 0 radical (unpaired) electrons. The minimum absolute atomic E-state index is 0.269. The van der Waals surface area contributed by atoms with Gasteiger partial charge >= 0.3 is 0 Å². The average molecular weight is 285 g/mol. The number of nitrogens with one attached hydrogen (secondary N) is 1. The van der Waals surface area contributed by atoms with Crippen LogP contribution in [0.4, 0.5) is 0 Å². The molecule has 0 fully saturated rings. The molecule has 17 heavy (non-hydrogen) atoms. The van der Waals surface area contributed by atoms with Crippen LogP contribution in [0.3, 0.4) is 0 Å². The van der Waals surface area contributed by atoms with Gasteiger partial charge in [0.25, 0.3) is 0 Å². The van der Waals surface area contributed by atoms with Crippen molar-refractivity contribution >= 4 is 25.6 Å². The van der Waals surface area contributed by atoms with Crippen molar-refractivity contribution in [1.82, 2.24) is 5.32 Å². The van der Waals surface area contributed by atoms with Gasteiger partial charge in [0.2, 0.25) is 5.91 Å². The first-order chi connectivity index (χ1) is 7.50. The fraction of sp³-hybridized carbons (Fsp3) is 0.889. The maximum absolute atomic E-state index is 11.4. The molecule has 0 aromatic heterocycles. The van der Waals surface area contributed by atoms with E-state index in [1.54, 1.807) is 6.92 Å². The quantitative estimate of drug-likeness (QED) is 0.714. The molecule has 0 saturated carbocycles. The summed E-state index contributed by atoms with van der Waals surface area (Å²) in [4.78, 5) is 11.4. The van der Waals surface area contributed by atoms with Gasteiger partial charge in [0.1, 0.15) is 0 Å². The molecule has 0 aliphatic heterocycles. The molecule has 0 heterocycles. The van der Waals surface area contributed by atoms with Gasteiger partial charge in [-0.05, 0) is 6.42 Å². The van der Waals surface area contributed by atoms with Crippen LogP contribution in [-0.2, 0) is 24.5 Å². The Labute approximate surface area is 103 Å². The van der Waals surface area contributed by atoms with Crippen molar-refractivity contribution in [3.8, 4) is 0 Å². The fourth-order valence-corrected chi connectivity index (χ4v) is 4.48. The molecule has 1 N–H and O–H groups in total. The van der Waals surface area contributed by atoms with Crippen LogP contribution in [0.25, 0.3) is 0 Å². The monoisotopic (exact) mass is 285 g/mol. The molecule has 1 atom stereocenters. The van der Waals surface area contributed by atoms with E-state index in [2.05, 4.69) is 5.32 Å². The van der Waals surface area contributed by atoms with E-state index in [-0.39, 0.29) is 11.8 Å². The van der Waals surface area contributed by atoms with Crippen molar-refractivity contribution in [2.24, 2.45) is 5.92 Å². The molecule has 0 spiro atoms. The third-order valence-corrected chi connectivity index (χ3v) is 6.80. The van der Waals surface area contributed by atoms with Crippen LogP contribution in [0.15, 0.2) is 0 Å². The summed E-state index contributed by atoms with van der Waals surface area (Å²) in [6.07, 6.45) is 2.29. The van der Waals surface area contributed by atoms with Crippen molar-refractivity contribution in [2.45, 2.75) is 24.9 Å². The van der Waals surface area contributed by atoms with Gasteiger partial charge in [-0.3, -0.25) is 4.79 Å². The molecule has 1 unspecified atom stereocenters. The van der Waals surface area contributed by atoms with Crippen molar-refractivity contribution < 1.29 is 21.6 Å². The summed E-state index contributed by atoms with van der Waals surface area (Å²) in [7, 11) is -7.51. The van der Waals surface area contributed by atoms with Crippen LogP contribution in [0.2, 0.25) is 0 Å². The lowest BCUT2D eigenvalue weighted by atomic mass is 10.1. The minimum Gasteiger partial charge on any atom is -0.354 e. The van der Waals surface area contributed by atoms with Crippen molar-refractivity contribution in [3.05, 3.63) is 0 Å². The molecule has 0 aromatic carbocycles. The summed E-state index contributed by atoms with van der Waals surface area (Å²) in [6.45, 7) is 3.10. The second-order valence-corrected chi connectivity index (χ2v) is 8.90. The van der Waals surface area contributed by atoms with E-state index in [0.717, 1.165) is 12.5 Å². The molecule has 102 valence electrons. The summed E-state index contributed by atoms with van der Waals surface area (Å²) < 4.78 is 43.6. The molecular weight excluding hydrogens is 266 g/mol. The molecule has 0 saturated heterocycles. The molecule has 0 bridgehead atoms. The number of hydrogen-bond acceptors (Lipinski definition) is 5. The van der Waals surface area contributed by atoms with E-state index in [1.807, 2.05) is 6.92 Å². The van der Waals surface area contributed by atoms with E-state index in [9.17, 15) is 21.6 Å². The first-order valence-corrected chi connectivity index (χ1v) is 9.06. The lowest BCUT2D eigenvalue weighted by molar-refractivity contribution is -0.124. The standard InChI is InChI=1S/C9H19NO5S2/c1-5-7(2)9(11)10-6-8(16(3,12)13)17(4,14)15/h7-8H,5-6H2,1-4H3,(H,10,11). The van der Waals surface area contributed by atoms with Gasteiger partial charge in [0, 0.05) is 25.0 Å². The Kier molecular flexibility index (Phi) is 5.60. The Morgan fingerprint density at radius 3 is 1.82 bits per heavy atom. The third-order valence-electron chi connectivity index (χ3n) is 2.46. The Morgan fingerprint density at radius 1 is 1.12 bits per heavy atom. The van der Waals surface area contributed by atoms with E-state index in [1.165, 1.54) is 0 Å². The predicted molar refractivity (Wildman–Crippen MR) is 65.9 cm³/mol. The second-order valence-electron chi connectivity index (χ2n) is 4.14. The van der Waals surface area contributed by atoms with Crippen LogP contribution in [0.5, 0.6) is 0 Å². The normalized spacial score (nSPS) is 14.6. The molecular formula is C9H19NO5S2. The number of rotatable bonds is 6. The molecule has 0 rings (SSSR count). The highest BCUT2D eigenvalue weighted by Gasteiger charge is 2.31. The number of amides is 1. The number of sulfone groups is 2. The van der Waals surface area contributed by atoms with Gasteiger partial charge in [0.05, 0.1) is 0 Å². The highest BCUT2D eigenvalue weighted by Crippen LogP contribution is 2.07. The van der Waals surface area contributed by atoms with Gasteiger partial charge in [0.15, 0.2) is 24.3 Å². The van der Waals surface area contributed by atoms with E-state index < -0.39 is 30.8 Å². The first kappa shape index (κ1) is 16.4. The van der Waals surface area contributed by atoms with Crippen molar-refractivity contribution in [2.75, 3.05) is 19.1 Å². The van der Waals surface area contributed by atoms with Gasteiger partial charge in [-0.2, -0.15) is 0 Å². The summed E-state index contributed by atoms with van der Waals surface area (Å²) in [5.41, 5.74) is 0. The molecule has 8 heteroatoms. The zero-order chi connectivity index (χ0) is 13.9. The smallest absolute Gasteiger partial charge is 0.222 e. The van der Waals surface area contributed by atoms with Crippen LogP contribution in [-0.4, -0.2) is 46.4 Å². The van der Waals surface area contributed by atoms with Crippen LogP contribution < -0.4 is 5.32 Å². The van der Waals surface area contributed by atoms with Crippen LogP contribution >= 0.6 is 0 Å². The molecule has 0 aromatic rings. The van der Waals surface area contributed by atoms with Crippen molar-refractivity contribution in [1.29, 1.82) is 0 Å². The van der Waals surface area contributed by atoms with Gasteiger partial charge in [-0.15, -0.1) is 0 Å². The second kappa shape index (κ2) is 5.81. The largest absolute Gasteiger partial charge is 0.354 e. The summed E-state index contributed by atoms with van der Waals surface area (Å²) in [6, 6.07) is 0. The highest BCUT2D eigenvalue weighted by molar-refractivity contribution is 8.08. The Bertz CT molecular complexity index is 434. The molecule has 0 aliphatic carbocycles. The Morgan fingerprint density at radius 2 is 1.53 bits per heavy atom. The summed E-state index contributed by atoms with van der Waals surface area (Å²) in [5.74, 6) is -0.612. The van der Waals surface area contributed by atoms with E-state index in [0.29, 0.717) is 6.42 Å². The number of carbonyl (C=O) groups excluding carboxylic acids is 1. The SMILES string of the molecule is CCC(C)C(=O)NCC(S(C)(=O)=O)S(C)(=O)=O. The van der Waals surface area contributed by atoms with Gasteiger partial charge < -0.3 is 5.32 Å².